The first kappa shape index (κ1) is 10.8. The molecule has 2 heterocycles. The van der Waals surface area contributed by atoms with Crippen LogP contribution in [0.1, 0.15) is 5.82 Å². The largest absolute Gasteiger partial charge is 0.383 e. The Kier molecular flexibility index (Phi) is 3.26. The molecule has 2 rings (SSSR count). The van der Waals surface area contributed by atoms with E-state index in [-0.39, 0.29) is 0 Å². The van der Waals surface area contributed by atoms with Gasteiger partial charge in [0, 0.05) is 19.9 Å². The predicted molar refractivity (Wildman–Crippen MR) is 59.9 cm³/mol. The summed E-state index contributed by atoms with van der Waals surface area (Å²) in [5, 5.41) is 8.20. The topological polar surface area (TPSA) is 52.8 Å². The monoisotopic (exact) mass is 218 g/mol. The van der Waals surface area contributed by atoms with Gasteiger partial charge in [-0.3, -0.25) is 4.98 Å². The number of nitrogens with zero attached hydrogens (tertiary/aromatic N) is 4. The van der Waals surface area contributed by atoms with E-state index in [0.717, 1.165) is 23.9 Å². The maximum Gasteiger partial charge on any atom is 0.182 e. The van der Waals surface area contributed by atoms with Crippen LogP contribution in [0.25, 0.3) is 11.5 Å². The molecule has 0 aromatic carbocycles. The summed E-state index contributed by atoms with van der Waals surface area (Å²) in [5.74, 6) is 1.66. The molecule has 2 aromatic rings. The highest BCUT2D eigenvalue weighted by atomic mass is 16.5. The highest BCUT2D eigenvalue weighted by Crippen LogP contribution is 2.14. The Hall–Kier alpha value is -1.75. The predicted octanol–water partition coefficient (Wildman–Crippen LogP) is 1.29. The molecule has 0 bridgehead atoms. The third-order valence-electron chi connectivity index (χ3n) is 2.35. The van der Waals surface area contributed by atoms with Crippen molar-refractivity contribution in [3.05, 3.63) is 30.2 Å². The van der Waals surface area contributed by atoms with Crippen LogP contribution >= 0.6 is 0 Å². The average molecular weight is 218 g/mol. The zero-order chi connectivity index (χ0) is 11.4. The fraction of sp³-hybridized carbons (Fsp3) is 0.364. The van der Waals surface area contributed by atoms with E-state index in [4.69, 9.17) is 4.74 Å². The number of aromatic nitrogens is 4. The molecule has 0 aliphatic carbocycles. The van der Waals surface area contributed by atoms with Gasteiger partial charge >= 0.3 is 0 Å². The number of hydrogen-bond acceptors (Lipinski definition) is 4. The summed E-state index contributed by atoms with van der Waals surface area (Å²) in [6.07, 6.45) is 1.75. The van der Waals surface area contributed by atoms with Crippen LogP contribution in [0.5, 0.6) is 0 Å². The molecule has 16 heavy (non-hydrogen) atoms. The highest BCUT2D eigenvalue weighted by molar-refractivity contribution is 5.48. The van der Waals surface area contributed by atoms with Gasteiger partial charge in [-0.2, -0.15) is 0 Å². The molecular weight excluding hydrogens is 204 g/mol. The average Bonchev–Trinajstić information content (AvgIpc) is 2.69. The lowest BCUT2D eigenvalue weighted by atomic mass is 10.3. The molecule has 0 aliphatic rings. The molecule has 5 heteroatoms. The third-order valence-corrected chi connectivity index (χ3v) is 2.35. The second kappa shape index (κ2) is 4.85. The van der Waals surface area contributed by atoms with Gasteiger partial charge < -0.3 is 9.30 Å². The van der Waals surface area contributed by atoms with Crippen LogP contribution in [0.3, 0.4) is 0 Å². The third kappa shape index (κ3) is 2.09. The molecular formula is C11H14N4O. The van der Waals surface area contributed by atoms with Crippen LogP contribution in [0, 0.1) is 6.92 Å². The summed E-state index contributed by atoms with van der Waals surface area (Å²) in [7, 11) is 1.68. The van der Waals surface area contributed by atoms with E-state index in [1.807, 2.05) is 29.7 Å². The minimum absolute atomic E-state index is 0.638. The first-order valence-corrected chi connectivity index (χ1v) is 5.13. The molecule has 0 N–H and O–H groups in total. The Morgan fingerprint density at radius 3 is 2.88 bits per heavy atom. The standard InChI is InChI=1S/C11H14N4O/c1-9-13-14-11(15(9)7-8-16-2)10-5-3-4-6-12-10/h3-6H,7-8H2,1-2H3. The summed E-state index contributed by atoms with van der Waals surface area (Å²) in [6.45, 7) is 3.30. The van der Waals surface area contributed by atoms with Crippen LogP contribution in [0.15, 0.2) is 24.4 Å². The van der Waals surface area contributed by atoms with Gasteiger partial charge in [0.15, 0.2) is 5.82 Å². The minimum Gasteiger partial charge on any atom is -0.383 e. The Balaban J connectivity index is 2.34. The van der Waals surface area contributed by atoms with Crippen molar-refractivity contribution in [1.82, 2.24) is 19.7 Å². The van der Waals surface area contributed by atoms with Gasteiger partial charge in [-0.15, -0.1) is 10.2 Å². The quantitative estimate of drug-likeness (QED) is 0.776. The van der Waals surface area contributed by atoms with Crippen LogP contribution in [-0.4, -0.2) is 33.5 Å². The summed E-state index contributed by atoms with van der Waals surface area (Å²) in [4.78, 5) is 4.27. The van der Waals surface area contributed by atoms with Crippen LogP contribution in [-0.2, 0) is 11.3 Å². The maximum atomic E-state index is 5.06. The van der Waals surface area contributed by atoms with Crippen molar-refractivity contribution in [2.75, 3.05) is 13.7 Å². The van der Waals surface area contributed by atoms with Crippen LogP contribution < -0.4 is 0 Å². The number of ether oxygens (including phenoxy) is 1. The summed E-state index contributed by atoms with van der Waals surface area (Å²) >= 11 is 0. The SMILES string of the molecule is COCCn1c(C)nnc1-c1ccccn1. The number of rotatable bonds is 4. The van der Waals surface area contributed by atoms with Crippen molar-refractivity contribution in [2.45, 2.75) is 13.5 Å². The maximum absolute atomic E-state index is 5.06. The first-order valence-electron chi connectivity index (χ1n) is 5.13. The lowest BCUT2D eigenvalue weighted by molar-refractivity contribution is 0.187. The van der Waals surface area contributed by atoms with Gasteiger partial charge in [-0.05, 0) is 19.1 Å². The molecule has 0 atom stereocenters. The zero-order valence-corrected chi connectivity index (χ0v) is 9.42. The van der Waals surface area contributed by atoms with Crippen molar-refractivity contribution >= 4 is 0 Å². The molecule has 0 unspecified atom stereocenters. The highest BCUT2D eigenvalue weighted by Gasteiger charge is 2.10. The zero-order valence-electron chi connectivity index (χ0n) is 9.42. The Labute approximate surface area is 94.1 Å². The molecule has 0 spiro atoms. The second-order valence-electron chi connectivity index (χ2n) is 3.43. The van der Waals surface area contributed by atoms with Crippen molar-refractivity contribution in [2.24, 2.45) is 0 Å². The normalized spacial score (nSPS) is 10.6. The number of methoxy groups -OCH3 is 1. The van der Waals surface area contributed by atoms with Crippen molar-refractivity contribution in [3.63, 3.8) is 0 Å². The molecule has 0 saturated carbocycles. The molecule has 0 amide bonds. The fourth-order valence-corrected chi connectivity index (χ4v) is 1.52. The molecule has 0 fully saturated rings. The summed E-state index contributed by atoms with van der Waals surface area (Å²) in [6, 6.07) is 5.74. The molecule has 0 aliphatic heterocycles. The smallest absolute Gasteiger partial charge is 0.182 e. The van der Waals surface area contributed by atoms with Gasteiger partial charge in [0.05, 0.1) is 6.61 Å². The second-order valence-corrected chi connectivity index (χ2v) is 3.43. The molecule has 0 saturated heterocycles. The van der Waals surface area contributed by atoms with Crippen molar-refractivity contribution in [3.8, 4) is 11.5 Å². The molecule has 2 aromatic heterocycles. The first-order chi connectivity index (χ1) is 7.83. The van der Waals surface area contributed by atoms with E-state index in [1.54, 1.807) is 13.3 Å². The van der Waals surface area contributed by atoms with Crippen molar-refractivity contribution < 1.29 is 4.74 Å². The van der Waals surface area contributed by atoms with Crippen LogP contribution in [0.2, 0.25) is 0 Å². The van der Waals surface area contributed by atoms with Gasteiger partial charge in [0.1, 0.15) is 11.5 Å². The molecule has 0 radical (unpaired) electrons. The molecule has 84 valence electrons. The van der Waals surface area contributed by atoms with E-state index in [2.05, 4.69) is 15.2 Å². The Morgan fingerprint density at radius 1 is 1.31 bits per heavy atom. The van der Waals surface area contributed by atoms with Gasteiger partial charge in [0.25, 0.3) is 0 Å². The van der Waals surface area contributed by atoms with E-state index < -0.39 is 0 Å². The number of aryl methyl sites for hydroxylation is 1. The van der Waals surface area contributed by atoms with E-state index in [9.17, 15) is 0 Å². The summed E-state index contributed by atoms with van der Waals surface area (Å²) in [5.41, 5.74) is 0.833. The molecule has 5 nitrogen and oxygen atoms in total. The fourth-order valence-electron chi connectivity index (χ4n) is 1.52. The van der Waals surface area contributed by atoms with Gasteiger partial charge in [-0.25, -0.2) is 0 Å². The van der Waals surface area contributed by atoms with Gasteiger partial charge in [-0.1, -0.05) is 6.07 Å². The lowest BCUT2D eigenvalue weighted by Gasteiger charge is -2.06. The number of pyridine rings is 1. The Bertz CT molecular complexity index is 452. The Morgan fingerprint density at radius 2 is 2.19 bits per heavy atom. The van der Waals surface area contributed by atoms with E-state index >= 15 is 0 Å². The van der Waals surface area contributed by atoms with Crippen LogP contribution in [0.4, 0.5) is 0 Å². The number of hydrogen-bond donors (Lipinski definition) is 0. The van der Waals surface area contributed by atoms with E-state index in [1.165, 1.54) is 0 Å². The minimum atomic E-state index is 0.638. The summed E-state index contributed by atoms with van der Waals surface area (Å²) < 4.78 is 7.07. The lowest BCUT2D eigenvalue weighted by Crippen LogP contribution is -2.08. The van der Waals surface area contributed by atoms with Crippen molar-refractivity contribution in [1.29, 1.82) is 0 Å². The van der Waals surface area contributed by atoms with E-state index in [0.29, 0.717) is 6.61 Å². The van der Waals surface area contributed by atoms with Gasteiger partial charge in [0.2, 0.25) is 0 Å².